The second-order valence-corrected chi connectivity index (χ2v) is 4.40. The van der Waals surface area contributed by atoms with Crippen LogP contribution in [0.25, 0.3) is 11.4 Å². The molecule has 2 rings (SSSR count). The van der Waals surface area contributed by atoms with E-state index in [2.05, 4.69) is 15.5 Å². The molecule has 0 saturated carbocycles. The van der Waals surface area contributed by atoms with E-state index in [9.17, 15) is 4.39 Å². The summed E-state index contributed by atoms with van der Waals surface area (Å²) in [5.41, 5.74) is 7.12. The zero-order valence-corrected chi connectivity index (χ0v) is 11.1. The van der Waals surface area contributed by atoms with Crippen molar-refractivity contribution in [2.45, 2.75) is 26.5 Å². The Morgan fingerprint density at radius 3 is 2.84 bits per heavy atom. The van der Waals surface area contributed by atoms with Crippen molar-refractivity contribution in [1.82, 2.24) is 20.2 Å². The summed E-state index contributed by atoms with van der Waals surface area (Å²) in [5, 5.41) is 11.4. The van der Waals surface area contributed by atoms with Gasteiger partial charge in [0.15, 0.2) is 5.82 Å². The molecule has 0 aliphatic heterocycles. The van der Waals surface area contributed by atoms with Crippen LogP contribution in [0.1, 0.15) is 12.5 Å². The molecule has 1 unspecified atom stereocenters. The van der Waals surface area contributed by atoms with E-state index < -0.39 is 0 Å². The Bertz CT molecular complexity index is 560. The van der Waals surface area contributed by atoms with Gasteiger partial charge in [0.2, 0.25) is 0 Å². The monoisotopic (exact) mass is 265 g/mol. The molecule has 7 heteroatoms. The molecule has 1 aromatic heterocycles. The molecule has 0 aliphatic rings. The molecule has 0 aliphatic carbocycles. The van der Waals surface area contributed by atoms with Gasteiger partial charge in [0.25, 0.3) is 0 Å². The minimum atomic E-state index is -0.371. The fourth-order valence-corrected chi connectivity index (χ4v) is 1.68. The van der Waals surface area contributed by atoms with Crippen LogP contribution in [0.4, 0.5) is 10.1 Å². The van der Waals surface area contributed by atoms with E-state index in [1.165, 1.54) is 6.07 Å². The smallest absolute Gasteiger partial charge is 0.182 e. The number of anilines is 1. The molecule has 0 bridgehead atoms. The normalized spacial score (nSPS) is 12.6. The van der Waals surface area contributed by atoms with Gasteiger partial charge < -0.3 is 10.5 Å². The lowest BCUT2D eigenvalue weighted by Crippen LogP contribution is -2.16. The van der Waals surface area contributed by atoms with Crippen LogP contribution in [0.15, 0.2) is 12.1 Å². The topological polar surface area (TPSA) is 78.8 Å². The average Bonchev–Trinajstić information content (AvgIpc) is 2.83. The molecular weight excluding hydrogens is 249 g/mol. The number of hydrogen-bond donors (Lipinski definition) is 1. The number of ether oxygens (including phenoxy) is 1. The average molecular weight is 265 g/mol. The predicted molar refractivity (Wildman–Crippen MR) is 68.8 cm³/mol. The highest BCUT2D eigenvalue weighted by molar-refractivity contribution is 5.63. The zero-order chi connectivity index (χ0) is 14.0. The summed E-state index contributed by atoms with van der Waals surface area (Å²) in [6, 6.07) is 3.05. The van der Waals surface area contributed by atoms with Crippen LogP contribution in [0.5, 0.6) is 0 Å². The van der Waals surface area contributed by atoms with Crippen LogP contribution in [-0.2, 0) is 11.3 Å². The summed E-state index contributed by atoms with van der Waals surface area (Å²) >= 11 is 0. The van der Waals surface area contributed by atoms with Crippen molar-refractivity contribution in [1.29, 1.82) is 0 Å². The minimum Gasteiger partial charge on any atom is -0.398 e. The van der Waals surface area contributed by atoms with Crippen molar-refractivity contribution in [2.24, 2.45) is 0 Å². The summed E-state index contributed by atoms with van der Waals surface area (Å²) < 4.78 is 20.4. The molecule has 0 saturated heterocycles. The van der Waals surface area contributed by atoms with E-state index in [1.54, 1.807) is 24.8 Å². The number of rotatable bonds is 4. The lowest BCUT2D eigenvalue weighted by atomic mass is 10.1. The number of nitrogens with two attached hydrogens (primary N) is 1. The van der Waals surface area contributed by atoms with Crippen LogP contribution in [-0.4, -0.2) is 33.4 Å². The first-order valence-corrected chi connectivity index (χ1v) is 5.88. The molecule has 2 aromatic rings. The van der Waals surface area contributed by atoms with Crippen molar-refractivity contribution in [3.05, 3.63) is 23.5 Å². The van der Waals surface area contributed by atoms with Gasteiger partial charge in [-0.3, -0.25) is 0 Å². The molecule has 102 valence electrons. The fraction of sp³-hybridized carbons (Fsp3) is 0.417. The van der Waals surface area contributed by atoms with Crippen LogP contribution in [0.3, 0.4) is 0 Å². The SMILES string of the molecule is COC(C)Cn1nnnc1-c1cc(N)c(C)c(F)c1. The summed E-state index contributed by atoms with van der Waals surface area (Å²) in [6.07, 6.45) is -0.0464. The summed E-state index contributed by atoms with van der Waals surface area (Å²) in [6.45, 7) is 4.01. The van der Waals surface area contributed by atoms with Gasteiger partial charge in [0.05, 0.1) is 12.6 Å². The van der Waals surface area contributed by atoms with Gasteiger partial charge in [-0.2, -0.15) is 0 Å². The number of aromatic nitrogens is 4. The first kappa shape index (κ1) is 13.4. The fourth-order valence-electron chi connectivity index (χ4n) is 1.68. The van der Waals surface area contributed by atoms with Gasteiger partial charge in [-0.25, -0.2) is 9.07 Å². The van der Waals surface area contributed by atoms with Crippen molar-refractivity contribution < 1.29 is 9.13 Å². The maximum absolute atomic E-state index is 13.7. The van der Waals surface area contributed by atoms with E-state index in [1.807, 2.05) is 6.92 Å². The molecule has 1 aromatic carbocycles. The maximum Gasteiger partial charge on any atom is 0.182 e. The van der Waals surface area contributed by atoms with Gasteiger partial charge in [-0.15, -0.1) is 5.10 Å². The van der Waals surface area contributed by atoms with Gasteiger partial charge >= 0.3 is 0 Å². The van der Waals surface area contributed by atoms with Gasteiger partial charge in [0.1, 0.15) is 5.82 Å². The number of benzene rings is 1. The molecule has 19 heavy (non-hydrogen) atoms. The standard InChI is InChI=1S/C12H16FN5O/c1-7(19-3)6-18-12(15-16-17-18)9-4-10(13)8(2)11(14)5-9/h4-5,7H,6,14H2,1-3H3. The lowest BCUT2D eigenvalue weighted by Gasteiger charge is -2.11. The number of halogens is 1. The van der Waals surface area contributed by atoms with Crippen LogP contribution in [0.2, 0.25) is 0 Å². The van der Waals surface area contributed by atoms with Crippen molar-refractivity contribution >= 4 is 5.69 Å². The van der Waals surface area contributed by atoms with Crippen molar-refractivity contribution in [3.8, 4) is 11.4 Å². The Morgan fingerprint density at radius 2 is 2.21 bits per heavy atom. The zero-order valence-electron chi connectivity index (χ0n) is 11.1. The van der Waals surface area contributed by atoms with Gasteiger partial charge in [-0.05, 0) is 36.4 Å². The number of nitrogens with zero attached hydrogens (tertiary/aromatic N) is 4. The first-order valence-electron chi connectivity index (χ1n) is 5.88. The van der Waals surface area contributed by atoms with E-state index in [-0.39, 0.29) is 11.9 Å². The Labute approximate surface area is 110 Å². The highest BCUT2D eigenvalue weighted by Crippen LogP contribution is 2.24. The van der Waals surface area contributed by atoms with Crippen molar-refractivity contribution in [3.63, 3.8) is 0 Å². The second-order valence-electron chi connectivity index (χ2n) is 4.40. The van der Waals surface area contributed by atoms with Gasteiger partial charge in [-0.1, -0.05) is 0 Å². The van der Waals surface area contributed by atoms with E-state index in [0.717, 1.165) is 0 Å². The number of nitrogen functional groups attached to an aromatic ring is 1. The van der Waals surface area contributed by atoms with Crippen LogP contribution >= 0.6 is 0 Å². The Kier molecular flexibility index (Phi) is 3.75. The molecule has 0 radical (unpaired) electrons. The lowest BCUT2D eigenvalue weighted by molar-refractivity contribution is 0.0997. The van der Waals surface area contributed by atoms with E-state index in [0.29, 0.717) is 29.2 Å². The second kappa shape index (κ2) is 5.31. The molecule has 1 atom stereocenters. The Hall–Kier alpha value is -2.02. The summed E-state index contributed by atoms with van der Waals surface area (Å²) in [4.78, 5) is 0. The molecule has 0 fully saturated rings. The molecule has 6 nitrogen and oxygen atoms in total. The quantitative estimate of drug-likeness (QED) is 0.845. The number of methoxy groups -OCH3 is 1. The Morgan fingerprint density at radius 1 is 1.47 bits per heavy atom. The highest BCUT2D eigenvalue weighted by atomic mass is 19.1. The highest BCUT2D eigenvalue weighted by Gasteiger charge is 2.14. The van der Waals surface area contributed by atoms with Crippen LogP contribution in [0, 0.1) is 12.7 Å². The third kappa shape index (κ3) is 2.70. The predicted octanol–water partition coefficient (Wildman–Crippen LogP) is 1.40. The molecule has 1 heterocycles. The first-order chi connectivity index (χ1) is 9.02. The number of hydrogen-bond acceptors (Lipinski definition) is 5. The number of tetrazole rings is 1. The third-order valence-electron chi connectivity index (χ3n) is 3.01. The van der Waals surface area contributed by atoms with E-state index >= 15 is 0 Å². The minimum absolute atomic E-state index is 0.0464. The Balaban J connectivity index is 2.40. The third-order valence-corrected chi connectivity index (χ3v) is 3.01. The van der Waals surface area contributed by atoms with Crippen molar-refractivity contribution in [2.75, 3.05) is 12.8 Å². The molecule has 0 spiro atoms. The molecule has 2 N–H and O–H groups in total. The largest absolute Gasteiger partial charge is 0.398 e. The van der Waals surface area contributed by atoms with Gasteiger partial charge in [0, 0.05) is 23.9 Å². The molecule has 0 amide bonds. The summed E-state index contributed by atoms with van der Waals surface area (Å²) in [7, 11) is 1.61. The van der Waals surface area contributed by atoms with E-state index in [4.69, 9.17) is 10.5 Å². The van der Waals surface area contributed by atoms with Crippen LogP contribution < -0.4 is 5.73 Å². The molecular formula is C12H16FN5O. The summed E-state index contributed by atoms with van der Waals surface area (Å²) in [5.74, 6) is 0.0961. The maximum atomic E-state index is 13.7.